The molecular weight excluding hydrogens is 172 g/mol. The van der Waals surface area contributed by atoms with Crippen LogP contribution in [0.2, 0.25) is 0 Å². The summed E-state index contributed by atoms with van der Waals surface area (Å²) in [6.07, 6.45) is 0.965. The fourth-order valence-corrected chi connectivity index (χ4v) is 0.551. The molecule has 0 radical (unpaired) electrons. The van der Waals surface area contributed by atoms with Crippen molar-refractivity contribution in [3.05, 3.63) is 11.6 Å². The van der Waals surface area contributed by atoms with Gasteiger partial charge in [-0.1, -0.05) is 0 Å². The van der Waals surface area contributed by atoms with Gasteiger partial charge in [-0.05, 0) is 13.0 Å². The zero-order valence-electron chi connectivity index (χ0n) is 5.74. The second-order valence-electron chi connectivity index (χ2n) is 1.89. The van der Waals surface area contributed by atoms with Crippen LogP contribution in [0.5, 0.6) is 0 Å². The van der Waals surface area contributed by atoms with Crippen LogP contribution in [0, 0.1) is 0 Å². The fourth-order valence-electron chi connectivity index (χ4n) is 0.362. The molecule has 62 valence electrons. The van der Waals surface area contributed by atoms with Crippen LogP contribution in [-0.2, 0) is 9.59 Å². The molecule has 0 saturated heterocycles. The average Bonchev–Trinajstić information content (AvgIpc) is 1.87. The molecule has 0 spiro atoms. The minimum atomic E-state index is -1.27. The van der Waals surface area contributed by atoms with Gasteiger partial charge in [0.05, 0.1) is 0 Å². The number of hydrogen-bond acceptors (Lipinski definition) is 2. The first-order valence-corrected chi connectivity index (χ1v) is 3.17. The highest BCUT2D eigenvalue weighted by Gasteiger charge is 2.12. The van der Waals surface area contributed by atoms with Gasteiger partial charge >= 0.3 is 11.9 Å². The molecular formula is C6H7ClO4. The minimum Gasteiger partial charge on any atom is -0.480 e. The van der Waals surface area contributed by atoms with Gasteiger partial charge in [0.25, 0.3) is 0 Å². The zero-order valence-corrected chi connectivity index (χ0v) is 6.50. The number of alkyl halides is 1. The summed E-state index contributed by atoms with van der Waals surface area (Å²) in [7, 11) is 0. The van der Waals surface area contributed by atoms with E-state index in [0.29, 0.717) is 0 Å². The molecule has 0 rings (SSSR count). The van der Waals surface area contributed by atoms with E-state index in [4.69, 9.17) is 21.8 Å². The lowest BCUT2D eigenvalue weighted by molar-refractivity contribution is -0.135. The lowest BCUT2D eigenvalue weighted by Gasteiger charge is -1.96. The van der Waals surface area contributed by atoms with Gasteiger partial charge in [-0.25, -0.2) is 4.79 Å². The third-order valence-corrected chi connectivity index (χ3v) is 1.28. The summed E-state index contributed by atoms with van der Waals surface area (Å²) in [6, 6.07) is 0. The summed E-state index contributed by atoms with van der Waals surface area (Å²) in [5.74, 6) is -2.43. The predicted molar refractivity (Wildman–Crippen MR) is 38.7 cm³/mol. The van der Waals surface area contributed by atoms with E-state index in [1.807, 2.05) is 0 Å². The van der Waals surface area contributed by atoms with E-state index in [0.717, 1.165) is 6.08 Å². The Morgan fingerprint density at radius 2 is 1.91 bits per heavy atom. The number of carbonyl (C=O) groups is 2. The molecule has 0 heterocycles. The molecule has 0 aliphatic carbocycles. The Kier molecular flexibility index (Phi) is 3.60. The summed E-state index contributed by atoms with van der Waals surface area (Å²) >= 11 is 5.22. The Balaban J connectivity index is 4.31. The lowest BCUT2D eigenvalue weighted by Crippen LogP contribution is -2.12. The van der Waals surface area contributed by atoms with Crippen molar-refractivity contribution in [2.75, 3.05) is 0 Å². The third kappa shape index (κ3) is 3.62. The molecule has 0 aromatic rings. The first-order valence-electron chi connectivity index (χ1n) is 2.73. The molecule has 2 N–H and O–H groups in total. The van der Waals surface area contributed by atoms with Gasteiger partial charge in [-0.15, -0.1) is 11.6 Å². The van der Waals surface area contributed by atoms with Crippen molar-refractivity contribution in [2.45, 2.75) is 12.3 Å². The van der Waals surface area contributed by atoms with Crippen LogP contribution in [0.3, 0.4) is 0 Å². The van der Waals surface area contributed by atoms with E-state index in [-0.39, 0.29) is 5.57 Å². The maximum Gasteiger partial charge on any atom is 0.331 e. The third-order valence-electron chi connectivity index (χ3n) is 0.970. The van der Waals surface area contributed by atoms with Crippen molar-refractivity contribution in [1.82, 2.24) is 0 Å². The van der Waals surface area contributed by atoms with E-state index in [1.54, 1.807) is 0 Å². The number of aliphatic carboxylic acids is 2. The average molecular weight is 179 g/mol. The zero-order chi connectivity index (χ0) is 9.02. The summed E-state index contributed by atoms with van der Waals surface area (Å²) < 4.78 is 0. The van der Waals surface area contributed by atoms with E-state index in [9.17, 15) is 9.59 Å². The second kappa shape index (κ2) is 3.98. The van der Waals surface area contributed by atoms with E-state index in [2.05, 4.69) is 0 Å². The van der Waals surface area contributed by atoms with Gasteiger partial charge in [0.15, 0.2) is 0 Å². The van der Waals surface area contributed by atoms with Crippen LogP contribution in [0.1, 0.15) is 6.92 Å². The van der Waals surface area contributed by atoms with E-state index >= 15 is 0 Å². The summed E-state index contributed by atoms with van der Waals surface area (Å²) in [6.45, 7) is 1.28. The van der Waals surface area contributed by atoms with E-state index in [1.165, 1.54) is 6.92 Å². The maximum atomic E-state index is 10.1. The smallest absolute Gasteiger partial charge is 0.331 e. The monoisotopic (exact) mass is 178 g/mol. The van der Waals surface area contributed by atoms with Crippen molar-refractivity contribution in [1.29, 1.82) is 0 Å². The number of halogens is 1. The largest absolute Gasteiger partial charge is 0.480 e. The van der Waals surface area contributed by atoms with Gasteiger partial charge in [-0.3, -0.25) is 4.79 Å². The summed E-state index contributed by atoms with van der Waals surface area (Å²) in [5, 5.41) is 15.3. The Morgan fingerprint density at radius 3 is 2.18 bits per heavy atom. The van der Waals surface area contributed by atoms with Crippen LogP contribution in [-0.4, -0.2) is 27.5 Å². The number of hydrogen-bond donors (Lipinski definition) is 2. The molecule has 0 fully saturated rings. The first-order chi connectivity index (χ1) is 4.95. The first kappa shape index (κ1) is 9.97. The molecule has 1 atom stereocenters. The van der Waals surface area contributed by atoms with Crippen LogP contribution < -0.4 is 0 Å². The molecule has 0 aromatic carbocycles. The minimum absolute atomic E-state index is 0.0765. The molecule has 1 unspecified atom stereocenters. The molecule has 11 heavy (non-hydrogen) atoms. The number of carboxylic acid groups (broad SMARTS) is 2. The normalized spacial score (nSPS) is 14.2. The fraction of sp³-hybridized carbons (Fsp3) is 0.333. The van der Waals surface area contributed by atoms with Gasteiger partial charge in [-0.2, -0.15) is 0 Å². The quantitative estimate of drug-likeness (QED) is 0.493. The molecule has 4 nitrogen and oxygen atoms in total. The highest BCUT2D eigenvalue weighted by atomic mass is 35.5. The van der Waals surface area contributed by atoms with Crippen LogP contribution in [0.25, 0.3) is 0 Å². The van der Waals surface area contributed by atoms with Crippen LogP contribution in [0.4, 0.5) is 0 Å². The topological polar surface area (TPSA) is 74.6 Å². The van der Waals surface area contributed by atoms with Gasteiger partial charge in [0.1, 0.15) is 5.38 Å². The molecule has 0 aromatic heterocycles. The number of carboxylic acids is 2. The van der Waals surface area contributed by atoms with E-state index < -0.39 is 17.3 Å². The Labute approximate surface area is 68.1 Å². The summed E-state index contributed by atoms with van der Waals surface area (Å²) in [4.78, 5) is 20.2. The number of rotatable bonds is 3. The van der Waals surface area contributed by atoms with Gasteiger partial charge in [0, 0.05) is 5.57 Å². The van der Waals surface area contributed by atoms with Crippen molar-refractivity contribution >= 4 is 23.5 Å². The SMILES string of the molecule is CC(=CC(Cl)C(=O)O)C(=O)O. The maximum absolute atomic E-state index is 10.1. The Morgan fingerprint density at radius 1 is 1.45 bits per heavy atom. The van der Waals surface area contributed by atoms with Crippen molar-refractivity contribution in [3.63, 3.8) is 0 Å². The van der Waals surface area contributed by atoms with Crippen molar-refractivity contribution in [3.8, 4) is 0 Å². The predicted octanol–water partition coefficient (Wildman–Crippen LogP) is 0.709. The van der Waals surface area contributed by atoms with Crippen molar-refractivity contribution in [2.24, 2.45) is 0 Å². The highest BCUT2D eigenvalue weighted by Crippen LogP contribution is 2.02. The summed E-state index contributed by atoms with van der Waals surface area (Å²) in [5.41, 5.74) is -0.0765. The van der Waals surface area contributed by atoms with Crippen molar-refractivity contribution < 1.29 is 19.8 Å². The van der Waals surface area contributed by atoms with Crippen LogP contribution >= 0.6 is 11.6 Å². The van der Waals surface area contributed by atoms with Gasteiger partial charge in [0.2, 0.25) is 0 Å². The standard InChI is InChI=1S/C6H7ClO4/c1-3(5(8)9)2-4(7)6(10)11/h2,4H,1H3,(H,8,9)(H,10,11). The van der Waals surface area contributed by atoms with Crippen LogP contribution in [0.15, 0.2) is 11.6 Å². The molecule has 0 aliphatic rings. The molecule has 0 saturated carbocycles. The Hall–Kier alpha value is -1.03. The van der Waals surface area contributed by atoms with Gasteiger partial charge < -0.3 is 10.2 Å². The molecule has 0 bridgehead atoms. The Bertz CT molecular complexity index is 209. The second-order valence-corrected chi connectivity index (χ2v) is 2.37. The molecule has 5 heteroatoms. The molecule has 0 aliphatic heterocycles. The highest BCUT2D eigenvalue weighted by molar-refractivity contribution is 6.31. The lowest BCUT2D eigenvalue weighted by atomic mass is 10.2. The molecule has 0 amide bonds.